The Balaban J connectivity index is -0.000000316. The van der Waals surface area contributed by atoms with Crippen LogP contribution in [0.4, 0.5) is 0 Å². The van der Waals surface area contributed by atoms with Gasteiger partial charge in [0.1, 0.15) is 0 Å². The molecule has 12 heteroatoms. The molecule has 0 bridgehead atoms. The van der Waals surface area contributed by atoms with Gasteiger partial charge in [-0.15, -0.1) is 49.6 Å². The van der Waals surface area contributed by atoms with Crippen molar-refractivity contribution >= 4 is 49.6 Å². The van der Waals surface area contributed by atoms with Crippen LogP contribution in [0.5, 0.6) is 0 Å². The lowest BCUT2D eigenvalue weighted by molar-refractivity contribution is 0.0779. The summed E-state index contributed by atoms with van der Waals surface area (Å²) >= 11 is 0. The summed E-state index contributed by atoms with van der Waals surface area (Å²) in [5.74, 6) is 0. The zero-order valence-corrected chi connectivity index (χ0v) is 31.1. The summed E-state index contributed by atoms with van der Waals surface area (Å²) in [7, 11) is 0. The minimum absolute atomic E-state index is 0. The molecule has 8 nitrogen and oxygen atoms in total. The third kappa shape index (κ3) is 29.5. The van der Waals surface area contributed by atoms with Gasteiger partial charge in [-0.25, -0.2) is 0 Å². The molecule has 0 aliphatic carbocycles. The molecule has 0 aromatic carbocycles. The molecule has 4 N–H and O–H groups in total. The van der Waals surface area contributed by atoms with Gasteiger partial charge in [0.25, 0.3) is 0 Å². The number of hydrogen-bond acceptors (Lipinski definition) is 8. The van der Waals surface area contributed by atoms with Crippen molar-refractivity contribution in [3.63, 3.8) is 0 Å². The van der Waals surface area contributed by atoms with Crippen molar-refractivity contribution in [3.8, 4) is 0 Å². The molecule has 42 heavy (non-hydrogen) atoms. The number of hydrogen-bond donors (Lipinski definition) is 4. The van der Waals surface area contributed by atoms with Gasteiger partial charge >= 0.3 is 0 Å². The third-order valence-corrected chi connectivity index (χ3v) is 7.66. The van der Waals surface area contributed by atoms with Crippen LogP contribution in [0.25, 0.3) is 0 Å². The molecular weight excluding hydrogens is 614 g/mol. The highest BCUT2D eigenvalue weighted by Crippen LogP contribution is 2.09. The van der Waals surface area contributed by atoms with Gasteiger partial charge in [-0.1, -0.05) is 27.7 Å². The van der Waals surface area contributed by atoms with Crippen LogP contribution >= 0.6 is 49.6 Å². The Labute approximate surface area is 286 Å². The first-order chi connectivity index (χ1) is 18.7. The number of rotatable bonds is 22. The van der Waals surface area contributed by atoms with Gasteiger partial charge in [0.15, 0.2) is 0 Å². The Kier molecular flexibility index (Phi) is 45.0. The first-order valence-electron chi connectivity index (χ1n) is 16.5. The average Bonchev–Trinajstić information content (AvgIpc) is 2.96. The van der Waals surface area contributed by atoms with Crippen LogP contribution in [0.3, 0.4) is 0 Å². The van der Waals surface area contributed by atoms with Gasteiger partial charge < -0.3 is 21.3 Å². The van der Waals surface area contributed by atoms with E-state index in [9.17, 15) is 0 Å². The SMILES string of the molecule is CCN1CCCN(CCCCN2CCCN(CC)C2)C1.CCNCCCNCCCCNCCCNCC.Cl.Cl.Cl.Cl. The van der Waals surface area contributed by atoms with E-state index in [2.05, 4.69) is 68.6 Å². The maximum Gasteiger partial charge on any atom is 0.0506 e. The van der Waals surface area contributed by atoms with E-state index >= 15 is 0 Å². The van der Waals surface area contributed by atoms with E-state index in [1.54, 1.807) is 0 Å². The summed E-state index contributed by atoms with van der Waals surface area (Å²) in [6.07, 6.45) is 10.5. The van der Waals surface area contributed by atoms with Crippen LogP contribution in [0.2, 0.25) is 0 Å². The number of nitrogens with zero attached hydrogens (tertiary/aromatic N) is 4. The Morgan fingerprint density at radius 3 is 1.10 bits per heavy atom. The Bertz CT molecular complexity index is 458. The van der Waals surface area contributed by atoms with Gasteiger partial charge in [-0.05, 0) is 130 Å². The lowest BCUT2D eigenvalue weighted by Crippen LogP contribution is -2.46. The van der Waals surface area contributed by atoms with Gasteiger partial charge in [0.05, 0.1) is 13.3 Å². The van der Waals surface area contributed by atoms with Crippen LogP contribution in [0, 0.1) is 0 Å². The van der Waals surface area contributed by atoms with Gasteiger partial charge in [-0.3, -0.25) is 19.6 Å². The van der Waals surface area contributed by atoms with E-state index in [4.69, 9.17) is 0 Å². The fourth-order valence-corrected chi connectivity index (χ4v) is 5.22. The van der Waals surface area contributed by atoms with E-state index in [1.165, 1.54) is 117 Å². The van der Waals surface area contributed by atoms with Crippen molar-refractivity contribution < 1.29 is 0 Å². The molecule has 0 aromatic rings. The molecule has 2 rings (SSSR count). The Morgan fingerprint density at radius 1 is 0.405 bits per heavy atom. The smallest absolute Gasteiger partial charge is 0.0506 e. The molecule has 0 radical (unpaired) electrons. The normalized spacial score (nSPS) is 16.3. The lowest BCUT2D eigenvalue weighted by atomic mass is 10.2. The maximum absolute atomic E-state index is 3.49. The molecule has 0 saturated carbocycles. The largest absolute Gasteiger partial charge is 0.317 e. The molecule has 2 aliphatic heterocycles. The molecule has 0 aromatic heterocycles. The summed E-state index contributed by atoms with van der Waals surface area (Å²) < 4.78 is 0. The Morgan fingerprint density at radius 2 is 0.738 bits per heavy atom. The fraction of sp³-hybridized carbons (Fsp3) is 1.00. The maximum atomic E-state index is 3.49. The van der Waals surface area contributed by atoms with Crippen LogP contribution in [0.15, 0.2) is 0 Å². The van der Waals surface area contributed by atoms with E-state index in [-0.39, 0.29) is 49.6 Å². The predicted octanol–water partition coefficient (Wildman–Crippen LogP) is 4.37. The van der Waals surface area contributed by atoms with Crippen molar-refractivity contribution in [3.05, 3.63) is 0 Å². The average molecular weight is 687 g/mol. The highest BCUT2D eigenvalue weighted by molar-refractivity contribution is 5.86. The lowest BCUT2D eigenvalue weighted by Gasteiger charge is -2.36. The van der Waals surface area contributed by atoms with E-state index in [0.717, 1.165) is 52.4 Å². The fourth-order valence-electron chi connectivity index (χ4n) is 5.22. The van der Waals surface area contributed by atoms with E-state index < -0.39 is 0 Å². The standard InChI is InChI=1S/C16H34N4.C14H34N4.4ClH/c1-3-17-11-7-13-19(15-17)9-5-6-10-20-14-8-12-18(4-2)16-20;1-3-15-11-7-13-17-9-5-6-10-18-14-8-12-16-4-2;;;;/h3-16H2,1-2H3;15-18H,3-14H2,1-2H3;4*1H. The Hall–Kier alpha value is 0.840. The van der Waals surface area contributed by atoms with Crippen LogP contribution in [-0.2, 0) is 0 Å². The van der Waals surface area contributed by atoms with E-state index in [0.29, 0.717) is 0 Å². The van der Waals surface area contributed by atoms with Crippen molar-refractivity contribution in [2.45, 2.75) is 79.1 Å². The quantitative estimate of drug-likeness (QED) is 0.126. The van der Waals surface area contributed by atoms with Crippen molar-refractivity contribution in [1.29, 1.82) is 0 Å². The summed E-state index contributed by atoms with van der Waals surface area (Å²) in [4.78, 5) is 10.4. The van der Waals surface area contributed by atoms with E-state index in [1.807, 2.05) is 0 Å². The van der Waals surface area contributed by atoms with Crippen LogP contribution < -0.4 is 21.3 Å². The van der Waals surface area contributed by atoms with Gasteiger partial charge in [0.2, 0.25) is 0 Å². The topological polar surface area (TPSA) is 61.1 Å². The number of unbranched alkanes of at least 4 members (excludes halogenated alkanes) is 2. The monoisotopic (exact) mass is 684 g/mol. The number of nitrogens with one attached hydrogen (secondary N) is 4. The minimum atomic E-state index is 0. The molecule has 2 fully saturated rings. The summed E-state index contributed by atoms with van der Waals surface area (Å²) in [6.45, 7) is 30.5. The molecule has 2 heterocycles. The van der Waals surface area contributed by atoms with Crippen molar-refractivity contribution in [1.82, 2.24) is 40.9 Å². The van der Waals surface area contributed by atoms with Gasteiger partial charge in [0, 0.05) is 26.2 Å². The molecule has 0 spiro atoms. The second kappa shape index (κ2) is 38.0. The first kappa shape index (κ1) is 49.7. The second-order valence-electron chi connectivity index (χ2n) is 11.0. The first-order valence-corrected chi connectivity index (χ1v) is 16.5. The molecule has 0 amide bonds. The summed E-state index contributed by atoms with van der Waals surface area (Å²) in [6, 6.07) is 0. The highest BCUT2D eigenvalue weighted by Gasteiger charge is 2.17. The predicted molar refractivity (Wildman–Crippen MR) is 196 cm³/mol. The van der Waals surface area contributed by atoms with Crippen molar-refractivity contribution in [2.24, 2.45) is 0 Å². The molecule has 260 valence electrons. The zero-order valence-electron chi connectivity index (χ0n) is 27.8. The zero-order chi connectivity index (χ0) is 27.5. The highest BCUT2D eigenvalue weighted by atomic mass is 35.5. The minimum Gasteiger partial charge on any atom is -0.317 e. The summed E-state index contributed by atoms with van der Waals surface area (Å²) in [5, 5.41) is 13.6. The number of halogens is 4. The van der Waals surface area contributed by atoms with Crippen LogP contribution in [-0.4, -0.2) is 138 Å². The molecular formula is C30H72Cl4N8. The second-order valence-corrected chi connectivity index (χ2v) is 11.0. The molecule has 0 unspecified atom stereocenters. The van der Waals surface area contributed by atoms with Crippen molar-refractivity contribution in [2.75, 3.05) is 118 Å². The molecule has 0 atom stereocenters. The summed E-state index contributed by atoms with van der Waals surface area (Å²) in [5.41, 5.74) is 0. The van der Waals surface area contributed by atoms with Gasteiger partial charge in [-0.2, -0.15) is 0 Å². The van der Waals surface area contributed by atoms with Crippen LogP contribution in [0.1, 0.15) is 79.1 Å². The molecule has 2 aliphatic rings. The molecule has 2 saturated heterocycles. The third-order valence-electron chi connectivity index (χ3n) is 7.66.